The fraction of sp³-hybridized carbons (Fsp3) is 0.901. The van der Waals surface area contributed by atoms with Gasteiger partial charge in [-0.3, -0.25) is 37.3 Å². The number of hydrogen-bond acceptors (Lipinski definition) is 15. The zero-order chi connectivity index (χ0) is 73.5. The summed E-state index contributed by atoms with van der Waals surface area (Å²) in [6, 6.07) is 0. The van der Waals surface area contributed by atoms with Crippen LogP contribution in [-0.4, -0.2) is 96.7 Å². The smallest absolute Gasteiger partial charge is 0.462 e. The minimum absolute atomic E-state index is 0.101. The van der Waals surface area contributed by atoms with Crippen molar-refractivity contribution in [2.24, 2.45) is 11.8 Å². The lowest BCUT2D eigenvalue weighted by Crippen LogP contribution is -2.30. The first-order chi connectivity index (χ1) is 48.4. The van der Waals surface area contributed by atoms with Crippen LogP contribution in [0.1, 0.15) is 401 Å². The van der Waals surface area contributed by atoms with Gasteiger partial charge in [-0.15, -0.1) is 0 Å². The third-order valence-electron chi connectivity index (χ3n) is 18.7. The van der Waals surface area contributed by atoms with E-state index in [0.29, 0.717) is 25.7 Å². The second-order valence-corrected chi connectivity index (χ2v) is 32.1. The Kier molecular flexibility index (Phi) is 70.3. The number of carbonyl (C=O) groups is 4. The molecule has 0 heterocycles. The van der Waals surface area contributed by atoms with Crippen LogP contribution in [0.5, 0.6) is 0 Å². The maximum Gasteiger partial charge on any atom is 0.472 e. The molecule has 0 saturated heterocycles. The number of phosphoric ester groups is 2. The summed E-state index contributed by atoms with van der Waals surface area (Å²) in [6.07, 6.45) is 64.4. The van der Waals surface area contributed by atoms with E-state index >= 15 is 0 Å². The summed E-state index contributed by atoms with van der Waals surface area (Å²) in [6.45, 7) is 9.62. The van der Waals surface area contributed by atoms with Gasteiger partial charge in [-0.2, -0.15) is 0 Å². The molecule has 0 saturated carbocycles. The largest absolute Gasteiger partial charge is 0.472 e. The van der Waals surface area contributed by atoms with E-state index in [9.17, 15) is 43.2 Å². The number of hydrogen-bond donors (Lipinski definition) is 3. The van der Waals surface area contributed by atoms with Crippen molar-refractivity contribution in [3.63, 3.8) is 0 Å². The van der Waals surface area contributed by atoms with E-state index in [1.54, 1.807) is 0 Å². The number of ether oxygens (including phenoxy) is 4. The molecular formula is C81H154O17P2. The molecule has 590 valence electrons. The Labute approximate surface area is 612 Å². The van der Waals surface area contributed by atoms with E-state index in [4.69, 9.17) is 37.0 Å². The Balaban J connectivity index is 5.29. The summed E-state index contributed by atoms with van der Waals surface area (Å²) < 4.78 is 68.7. The second-order valence-electron chi connectivity index (χ2n) is 29.2. The van der Waals surface area contributed by atoms with Crippen molar-refractivity contribution in [2.45, 2.75) is 419 Å². The van der Waals surface area contributed by atoms with Gasteiger partial charge in [0.2, 0.25) is 0 Å². The Morgan fingerprint density at radius 2 is 0.590 bits per heavy atom. The fourth-order valence-corrected chi connectivity index (χ4v) is 13.5. The maximum absolute atomic E-state index is 13.1. The van der Waals surface area contributed by atoms with Crippen LogP contribution in [0.25, 0.3) is 0 Å². The number of aliphatic hydroxyl groups excluding tert-OH is 1. The van der Waals surface area contributed by atoms with Crippen molar-refractivity contribution >= 4 is 39.5 Å². The van der Waals surface area contributed by atoms with Crippen LogP contribution >= 0.6 is 15.6 Å². The summed E-state index contributed by atoms with van der Waals surface area (Å²) in [4.78, 5) is 73.0. The molecule has 0 spiro atoms. The molecule has 0 fully saturated rings. The highest BCUT2D eigenvalue weighted by molar-refractivity contribution is 7.47. The van der Waals surface area contributed by atoms with Crippen molar-refractivity contribution in [1.29, 1.82) is 0 Å². The van der Waals surface area contributed by atoms with Crippen molar-refractivity contribution in [2.75, 3.05) is 39.6 Å². The molecule has 17 nitrogen and oxygen atoms in total. The highest BCUT2D eigenvalue weighted by Crippen LogP contribution is 2.45. The molecule has 100 heavy (non-hydrogen) atoms. The zero-order valence-corrected chi connectivity index (χ0v) is 66.8. The Hall–Kier alpha value is -2.46. The maximum atomic E-state index is 13.1. The van der Waals surface area contributed by atoms with Crippen molar-refractivity contribution in [3.8, 4) is 0 Å². The predicted molar refractivity (Wildman–Crippen MR) is 409 cm³/mol. The molecular weight excluding hydrogens is 1310 g/mol. The van der Waals surface area contributed by atoms with Crippen LogP contribution < -0.4 is 0 Å². The highest BCUT2D eigenvalue weighted by atomic mass is 31.2. The van der Waals surface area contributed by atoms with E-state index in [0.717, 1.165) is 121 Å². The van der Waals surface area contributed by atoms with E-state index in [-0.39, 0.29) is 25.7 Å². The first kappa shape index (κ1) is 97.5. The van der Waals surface area contributed by atoms with Crippen LogP contribution in [0.15, 0.2) is 24.3 Å². The molecule has 0 aliphatic rings. The number of unbranched alkanes of at least 4 members (excludes halogenated alkanes) is 44. The number of esters is 4. The van der Waals surface area contributed by atoms with Gasteiger partial charge in [0.15, 0.2) is 12.2 Å². The SMILES string of the molecule is CCCCCC/C=C\C=C/CCCCCCCC(=O)OC[C@H](COP(=O)(O)OC[C@@H](O)COP(=O)(O)OC[C@@H](COC(=O)CCCCCCCCCCCCCC)OC(=O)CCCCCCCCCCCCC(C)CC)OC(=O)CCCCCCCCCCCCCCCCCCC(C)C. The van der Waals surface area contributed by atoms with Crippen LogP contribution in [0, 0.1) is 11.8 Å². The van der Waals surface area contributed by atoms with Gasteiger partial charge in [-0.1, -0.05) is 348 Å². The molecule has 19 heteroatoms. The molecule has 0 amide bonds. The van der Waals surface area contributed by atoms with Gasteiger partial charge in [-0.25, -0.2) is 9.13 Å². The van der Waals surface area contributed by atoms with Gasteiger partial charge in [0.25, 0.3) is 0 Å². The molecule has 0 aliphatic carbocycles. The number of rotatable bonds is 78. The van der Waals surface area contributed by atoms with Crippen LogP contribution in [-0.2, 0) is 65.4 Å². The molecule has 0 rings (SSSR count). The van der Waals surface area contributed by atoms with Gasteiger partial charge < -0.3 is 33.8 Å². The Bertz CT molecular complexity index is 2020. The van der Waals surface area contributed by atoms with Crippen LogP contribution in [0.2, 0.25) is 0 Å². The fourth-order valence-electron chi connectivity index (χ4n) is 12.0. The van der Waals surface area contributed by atoms with Crippen LogP contribution in [0.4, 0.5) is 0 Å². The molecule has 6 atom stereocenters. The quantitative estimate of drug-likeness (QED) is 0.0169. The summed E-state index contributed by atoms with van der Waals surface area (Å²) in [5.74, 6) is -0.529. The molecule has 0 aliphatic heterocycles. The lowest BCUT2D eigenvalue weighted by atomic mass is 9.99. The summed E-state index contributed by atoms with van der Waals surface area (Å²) in [5.41, 5.74) is 0. The molecule has 3 N–H and O–H groups in total. The van der Waals surface area contributed by atoms with E-state index in [2.05, 4.69) is 65.8 Å². The van der Waals surface area contributed by atoms with Crippen molar-refractivity contribution in [1.82, 2.24) is 0 Å². The summed E-state index contributed by atoms with van der Waals surface area (Å²) in [5, 5.41) is 10.6. The first-order valence-corrected chi connectivity index (χ1v) is 44.3. The third-order valence-corrected chi connectivity index (χ3v) is 20.6. The number of aliphatic hydroxyl groups is 1. The van der Waals surface area contributed by atoms with E-state index in [1.165, 1.54) is 199 Å². The molecule has 0 aromatic rings. The molecule has 0 radical (unpaired) electrons. The van der Waals surface area contributed by atoms with Crippen molar-refractivity contribution in [3.05, 3.63) is 24.3 Å². The molecule has 0 aromatic carbocycles. The second kappa shape index (κ2) is 72.1. The Morgan fingerprint density at radius 3 is 0.900 bits per heavy atom. The van der Waals surface area contributed by atoms with Gasteiger partial charge in [-0.05, 0) is 63.2 Å². The highest BCUT2D eigenvalue weighted by Gasteiger charge is 2.30. The average Bonchev–Trinajstić information content (AvgIpc) is 0.930. The van der Waals surface area contributed by atoms with Crippen LogP contribution in [0.3, 0.4) is 0 Å². The minimum Gasteiger partial charge on any atom is -0.462 e. The van der Waals surface area contributed by atoms with E-state index in [1.807, 2.05) is 0 Å². The average molecular weight is 1460 g/mol. The number of phosphoric acid groups is 2. The van der Waals surface area contributed by atoms with E-state index < -0.39 is 97.5 Å². The summed E-state index contributed by atoms with van der Waals surface area (Å²) in [7, 11) is -9.93. The lowest BCUT2D eigenvalue weighted by Gasteiger charge is -2.21. The van der Waals surface area contributed by atoms with Crippen molar-refractivity contribution < 1.29 is 80.2 Å². The first-order valence-electron chi connectivity index (χ1n) is 41.3. The normalized spacial score (nSPS) is 14.3. The zero-order valence-electron chi connectivity index (χ0n) is 65.0. The number of carbonyl (C=O) groups excluding carboxylic acids is 4. The lowest BCUT2D eigenvalue weighted by molar-refractivity contribution is -0.161. The minimum atomic E-state index is -4.97. The third kappa shape index (κ3) is 72.5. The molecule has 3 unspecified atom stereocenters. The van der Waals surface area contributed by atoms with Gasteiger partial charge >= 0.3 is 39.5 Å². The van der Waals surface area contributed by atoms with Gasteiger partial charge in [0.1, 0.15) is 19.3 Å². The standard InChI is InChI=1S/C81H154O17P2/c1-7-10-12-14-16-18-20-22-25-29-33-40-46-52-58-64-79(84)92-69-76(97-80(85)65-59-53-47-41-34-30-27-24-23-26-28-31-37-43-49-55-61-73(4)5)71-95-99(87,88)93-67-75(82)68-94-100(89,90)96-72-77(70-91-78(83)63-57-51-45-39-32-21-19-17-15-13-11-8-2)98-81(86)66-60-54-48-42-36-35-38-44-50-56-62-74(6)9-3/h18,20,22,25,73-77,82H,7-17,19,21,23-24,26-72H2,1-6H3,(H,87,88)(H,89,90)/b20-18-,25-22-/t74?,75-,76-,77-/m1/s1. The molecule has 0 bridgehead atoms. The van der Waals surface area contributed by atoms with Gasteiger partial charge in [0, 0.05) is 25.7 Å². The predicted octanol–water partition coefficient (Wildman–Crippen LogP) is 23.8. The monoisotopic (exact) mass is 1460 g/mol. The topological polar surface area (TPSA) is 237 Å². The molecule has 0 aromatic heterocycles. The van der Waals surface area contributed by atoms with Gasteiger partial charge in [0.05, 0.1) is 26.4 Å². The summed E-state index contributed by atoms with van der Waals surface area (Å²) >= 11 is 0. The number of allylic oxidation sites excluding steroid dienone is 4. The Morgan fingerprint density at radius 1 is 0.330 bits per heavy atom.